The fourth-order valence-electron chi connectivity index (χ4n) is 3.47. The summed E-state index contributed by atoms with van der Waals surface area (Å²) < 4.78 is 10.9. The van der Waals surface area contributed by atoms with E-state index in [0.717, 1.165) is 5.56 Å². The summed E-state index contributed by atoms with van der Waals surface area (Å²) in [7, 11) is 1.63. The van der Waals surface area contributed by atoms with Crippen molar-refractivity contribution in [2.24, 2.45) is 11.1 Å². The third kappa shape index (κ3) is 6.70. The number of carbonyl (C=O) groups excluding carboxylic acids is 2. The molecule has 0 bridgehead atoms. The molecular formula is C24H35N3O5. The quantitative estimate of drug-likeness (QED) is 0.387. The van der Waals surface area contributed by atoms with E-state index >= 15 is 0 Å². The average molecular weight is 446 g/mol. The molecule has 0 spiro atoms. The number of aliphatic hydroxyl groups excluding tert-OH is 1. The maximum Gasteiger partial charge on any atom is 0.243 e. The molecule has 1 saturated heterocycles. The number of carbonyl (C=O) groups is 2. The monoisotopic (exact) mass is 445 g/mol. The maximum absolute atomic E-state index is 12.9. The summed E-state index contributed by atoms with van der Waals surface area (Å²) in [5.74, 6) is 2.48. The van der Waals surface area contributed by atoms with Crippen LogP contribution in [0.15, 0.2) is 18.2 Å². The highest BCUT2D eigenvalue weighted by molar-refractivity contribution is 5.90. The van der Waals surface area contributed by atoms with E-state index in [1.807, 2.05) is 26.8 Å². The van der Waals surface area contributed by atoms with E-state index in [1.54, 1.807) is 19.2 Å². The molecule has 0 saturated carbocycles. The van der Waals surface area contributed by atoms with Crippen LogP contribution in [0.4, 0.5) is 0 Å². The number of likely N-dealkylation sites (tertiary alicyclic amines) is 1. The number of amides is 2. The summed E-state index contributed by atoms with van der Waals surface area (Å²) >= 11 is 0. The lowest BCUT2D eigenvalue weighted by molar-refractivity contribution is -0.141. The van der Waals surface area contributed by atoms with Gasteiger partial charge in [0.15, 0.2) is 0 Å². The molecule has 1 heterocycles. The molecule has 1 aromatic rings. The number of nitrogens with one attached hydrogen (secondary N) is 1. The number of β-amino-alcohol motifs (C(OH)–C–C–N with tert-alkyl or cyclic N) is 1. The Balaban J connectivity index is 2.08. The normalized spacial score (nSPS) is 19.3. The maximum atomic E-state index is 12.9. The number of aliphatic hydroxyl groups is 1. The van der Waals surface area contributed by atoms with Gasteiger partial charge in [0.2, 0.25) is 11.8 Å². The molecule has 8 heteroatoms. The van der Waals surface area contributed by atoms with Gasteiger partial charge in [0.05, 0.1) is 18.8 Å². The number of nitrogens with zero attached hydrogens (tertiary/aromatic N) is 1. The molecule has 2 rings (SSSR count). The molecule has 3 atom stereocenters. The van der Waals surface area contributed by atoms with Crippen LogP contribution < -0.4 is 15.8 Å². The first kappa shape index (κ1) is 25.7. The van der Waals surface area contributed by atoms with E-state index in [-0.39, 0.29) is 31.3 Å². The summed E-state index contributed by atoms with van der Waals surface area (Å²) in [6, 6.07) is 3.80. The second-order valence-electron chi connectivity index (χ2n) is 9.12. The minimum absolute atomic E-state index is 0.0887. The number of terminal acetylenes is 1. The minimum atomic E-state index is -0.776. The van der Waals surface area contributed by atoms with Crippen molar-refractivity contribution in [3.8, 4) is 18.1 Å². The zero-order valence-corrected chi connectivity index (χ0v) is 19.4. The summed E-state index contributed by atoms with van der Waals surface area (Å²) in [5.41, 5.74) is 7.09. The van der Waals surface area contributed by atoms with Crippen molar-refractivity contribution in [3.05, 3.63) is 29.3 Å². The molecule has 1 fully saturated rings. The van der Waals surface area contributed by atoms with Crippen LogP contribution in [0, 0.1) is 17.8 Å². The minimum Gasteiger partial charge on any atom is -0.493 e. The second-order valence-corrected chi connectivity index (χ2v) is 9.12. The van der Waals surface area contributed by atoms with Crippen molar-refractivity contribution in [1.82, 2.24) is 10.2 Å². The average Bonchev–Trinajstić information content (AvgIpc) is 3.15. The van der Waals surface area contributed by atoms with Crippen LogP contribution in [-0.2, 0) is 20.9 Å². The zero-order chi connectivity index (χ0) is 23.9. The van der Waals surface area contributed by atoms with Gasteiger partial charge >= 0.3 is 0 Å². The fraction of sp³-hybridized carbons (Fsp3) is 0.583. The summed E-state index contributed by atoms with van der Waals surface area (Å²) in [4.78, 5) is 27.2. The Bertz CT molecular complexity index is 843. The van der Waals surface area contributed by atoms with Gasteiger partial charge in [-0.25, -0.2) is 0 Å². The van der Waals surface area contributed by atoms with Crippen molar-refractivity contribution in [2.45, 2.75) is 58.3 Å². The molecule has 0 radical (unpaired) electrons. The lowest BCUT2D eigenvalue weighted by atomic mass is 9.86. The van der Waals surface area contributed by atoms with Gasteiger partial charge < -0.3 is 30.5 Å². The third-order valence-corrected chi connectivity index (χ3v) is 5.50. The molecule has 0 aromatic heterocycles. The Morgan fingerprint density at radius 2 is 2.09 bits per heavy atom. The Labute approximate surface area is 190 Å². The molecule has 0 aliphatic carbocycles. The molecule has 1 aromatic carbocycles. The molecule has 1 aliphatic rings. The Hall–Kier alpha value is -2.60. The van der Waals surface area contributed by atoms with Crippen molar-refractivity contribution in [1.29, 1.82) is 0 Å². The number of nitrogens with two attached hydrogens (primary N) is 1. The van der Waals surface area contributed by atoms with Gasteiger partial charge in [-0.2, -0.15) is 0 Å². The zero-order valence-electron chi connectivity index (χ0n) is 19.4. The number of rotatable bonds is 9. The van der Waals surface area contributed by atoms with Crippen LogP contribution >= 0.6 is 0 Å². The van der Waals surface area contributed by atoms with Crippen LogP contribution in [0.5, 0.6) is 5.75 Å². The Morgan fingerprint density at radius 1 is 1.38 bits per heavy atom. The van der Waals surface area contributed by atoms with Crippen LogP contribution in [0.2, 0.25) is 0 Å². The summed E-state index contributed by atoms with van der Waals surface area (Å²) in [6.45, 7) is 6.91. The van der Waals surface area contributed by atoms with E-state index in [9.17, 15) is 14.7 Å². The summed E-state index contributed by atoms with van der Waals surface area (Å²) in [6.07, 6.45) is 5.62. The molecule has 1 aliphatic heterocycles. The molecule has 8 nitrogen and oxygen atoms in total. The Kier molecular flexibility index (Phi) is 9.08. The first-order chi connectivity index (χ1) is 15.1. The van der Waals surface area contributed by atoms with Gasteiger partial charge in [0.1, 0.15) is 11.8 Å². The lowest BCUT2D eigenvalue weighted by Crippen LogP contribution is -2.54. The van der Waals surface area contributed by atoms with Crippen LogP contribution in [0.3, 0.4) is 0 Å². The number of benzene rings is 1. The highest BCUT2D eigenvalue weighted by atomic mass is 16.5. The Morgan fingerprint density at radius 3 is 2.72 bits per heavy atom. The predicted molar refractivity (Wildman–Crippen MR) is 122 cm³/mol. The van der Waals surface area contributed by atoms with Gasteiger partial charge in [0.25, 0.3) is 0 Å². The largest absolute Gasteiger partial charge is 0.493 e. The van der Waals surface area contributed by atoms with Crippen molar-refractivity contribution < 1.29 is 24.2 Å². The molecular weight excluding hydrogens is 410 g/mol. The van der Waals surface area contributed by atoms with Gasteiger partial charge in [0, 0.05) is 50.8 Å². The SMILES string of the molecule is C#Cc1ccc(CNC(=O)[C@@H]2C[C@@H](O)CN2C(=O)[C@@H](N)C(C)(C)C)c(OCCCOC)c1. The van der Waals surface area contributed by atoms with Gasteiger partial charge in [-0.1, -0.05) is 32.8 Å². The van der Waals surface area contributed by atoms with Gasteiger partial charge in [-0.05, 0) is 17.5 Å². The standard InChI is InChI=1S/C24H35N3O5/c1-6-16-8-9-17(20(12-16)32-11-7-10-31-5)14-26-22(29)19-13-18(28)15-27(19)23(30)21(25)24(2,3)4/h1,8-9,12,18-19,21,28H,7,10-11,13-15,25H2,2-5H3,(H,26,29)/t18-,19+,21-/m1/s1. The lowest BCUT2D eigenvalue weighted by Gasteiger charge is -2.32. The topological polar surface area (TPSA) is 114 Å². The highest BCUT2D eigenvalue weighted by Crippen LogP contribution is 2.25. The number of hydrogen-bond acceptors (Lipinski definition) is 6. The van der Waals surface area contributed by atoms with Crippen LogP contribution in [0.25, 0.3) is 0 Å². The smallest absolute Gasteiger partial charge is 0.243 e. The van der Waals surface area contributed by atoms with Crippen molar-refractivity contribution in [3.63, 3.8) is 0 Å². The molecule has 2 amide bonds. The number of ether oxygens (including phenoxy) is 2. The molecule has 4 N–H and O–H groups in total. The molecule has 0 unspecified atom stereocenters. The van der Waals surface area contributed by atoms with E-state index in [2.05, 4.69) is 11.2 Å². The number of methoxy groups -OCH3 is 1. The van der Waals surface area contributed by atoms with E-state index < -0.39 is 23.6 Å². The van der Waals surface area contributed by atoms with Crippen LogP contribution in [0.1, 0.15) is 44.7 Å². The highest BCUT2D eigenvalue weighted by Gasteiger charge is 2.42. The number of hydrogen-bond donors (Lipinski definition) is 3. The van der Waals surface area contributed by atoms with Crippen molar-refractivity contribution in [2.75, 3.05) is 26.9 Å². The third-order valence-electron chi connectivity index (χ3n) is 5.50. The van der Waals surface area contributed by atoms with Crippen molar-refractivity contribution >= 4 is 11.8 Å². The van der Waals surface area contributed by atoms with Gasteiger partial charge in [-0.15, -0.1) is 6.42 Å². The summed E-state index contributed by atoms with van der Waals surface area (Å²) in [5, 5.41) is 13.0. The predicted octanol–water partition coefficient (Wildman–Crippen LogP) is 1.03. The van der Waals surface area contributed by atoms with E-state index in [4.69, 9.17) is 21.6 Å². The fourth-order valence-corrected chi connectivity index (χ4v) is 3.47. The van der Waals surface area contributed by atoms with Crippen LogP contribution in [-0.4, -0.2) is 66.9 Å². The van der Waals surface area contributed by atoms with E-state index in [0.29, 0.717) is 30.9 Å². The van der Waals surface area contributed by atoms with E-state index in [1.165, 1.54) is 4.90 Å². The molecule has 176 valence electrons. The first-order valence-corrected chi connectivity index (χ1v) is 10.8. The first-order valence-electron chi connectivity index (χ1n) is 10.8. The second kappa shape index (κ2) is 11.3. The molecule has 32 heavy (non-hydrogen) atoms. The van der Waals surface area contributed by atoms with Gasteiger partial charge in [-0.3, -0.25) is 9.59 Å².